The topological polar surface area (TPSA) is 174 Å². The van der Waals surface area contributed by atoms with Crippen LogP contribution in [0.3, 0.4) is 0 Å². The van der Waals surface area contributed by atoms with Crippen LogP contribution in [0, 0.1) is 6.92 Å². The molecule has 0 aromatic carbocycles. The second kappa shape index (κ2) is 9.74. The molecule has 4 atom stereocenters. The summed E-state index contributed by atoms with van der Waals surface area (Å²) in [5.41, 5.74) is -2.09. The van der Waals surface area contributed by atoms with Crippen LogP contribution in [0.4, 0.5) is 0 Å². The van der Waals surface area contributed by atoms with Crippen LogP contribution in [-0.4, -0.2) is 69.2 Å². The van der Waals surface area contributed by atoms with Crippen LogP contribution in [0.2, 0.25) is 0 Å². The molecule has 1 N–H and O–H groups in total. The van der Waals surface area contributed by atoms with Gasteiger partial charge in [0.05, 0.1) is 19.3 Å². The van der Waals surface area contributed by atoms with E-state index in [0.29, 0.717) is 0 Å². The Hall–Kier alpha value is -3.94. The lowest BCUT2D eigenvalue weighted by Crippen LogP contribution is -2.56. The van der Waals surface area contributed by atoms with Crippen LogP contribution in [0.25, 0.3) is 11.0 Å². The fourth-order valence-corrected chi connectivity index (χ4v) is 3.88. The SMILES string of the molecule is COc1nc2c(c(O)c(C)c(=O)n2[C@@H]2OC[C@@H](OC(C)=O)[C@H](OC(C)=O)[C@H]2OC(C)=O)c(=O)n1C. The number of aromatic nitrogens is 3. The normalized spacial score (nSPS) is 21.9. The number of nitrogens with zero attached hydrogens (tertiary/aromatic N) is 3. The lowest BCUT2D eigenvalue weighted by molar-refractivity contribution is -0.239. The Morgan fingerprint density at radius 2 is 1.57 bits per heavy atom. The van der Waals surface area contributed by atoms with E-state index in [1.807, 2.05) is 0 Å². The minimum atomic E-state index is -1.50. The summed E-state index contributed by atoms with van der Waals surface area (Å²) in [5.74, 6) is -2.91. The Labute approximate surface area is 197 Å². The van der Waals surface area contributed by atoms with Crippen LogP contribution in [0.15, 0.2) is 9.59 Å². The third-order valence-electron chi connectivity index (χ3n) is 5.35. The largest absolute Gasteiger partial charge is 0.506 e. The Bertz CT molecular complexity index is 1310. The standard InChI is InChI=1S/C21H25N3O11/c1-8-14(28)13-17(22-21(31-6)23(5)19(13)30)24(18(8)29)20-16(35-11(4)27)15(34-10(3)26)12(7-32-20)33-9(2)25/h12,15-16,20,28H,7H2,1-6H3/t12-,15+,16-,20-/m1/s1. The molecule has 3 rings (SSSR count). The van der Waals surface area contributed by atoms with Gasteiger partial charge in [-0.3, -0.25) is 33.1 Å². The summed E-state index contributed by atoms with van der Waals surface area (Å²) in [4.78, 5) is 65.9. The van der Waals surface area contributed by atoms with Crippen LogP contribution in [-0.2, 0) is 40.4 Å². The summed E-state index contributed by atoms with van der Waals surface area (Å²) in [7, 11) is 2.61. The second-order valence-corrected chi connectivity index (χ2v) is 7.83. The fourth-order valence-electron chi connectivity index (χ4n) is 3.88. The first-order valence-corrected chi connectivity index (χ1v) is 10.4. The first kappa shape index (κ1) is 25.7. The molecule has 1 saturated heterocycles. The van der Waals surface area contributed by atoms with Crippen molar-refractivity contribution in [1.82, 2.24) is 14.1 Å². The predicted molar refractivity (Wildman–Crippen MR) is 116 cm³/mol. The van der Waals surface area contributed by atoms with Crippen molar-refractivity contribution in [1.29, 1.82) is 0 Å². The molecule has 190 valence electrons. The average Bonchev–Trinajstić information content (AvgIpc) is 2.76. The number of hydrogen-bond donors (Lipinski definition) is 1. The van der Waals surface area contributed by atoms with Gasteiger partial charge in [-0.1, -0.05) is 0 Å². The van der Waals surface area contributed by atoms with Gasteiger partial charge in [-0.2, -0.15) is 4.98 Å². The minimum absolute atomic E-state index is 0.187. The molecule has 0 amide bonds. The maximum atomic E-state index is 13.3. The van der Waals surface area contributed by atoms with Gasteiger partial charge >= 0.3 is 23.9 Å². The third kappa shape index (κ3) is 4.69. The zero-order chi connectivity index (χ0) is 26.2. The van der Waals surface area contributed by atoms with Gasteiger partial charge < -0.3 is 28.8 Å². The molecule has 0 unspecified atom stereocenters. The van der Waals surface area contributed by atoms with Crippen molar-refractivity contribution in [2.24, 2.45) is 7.05 Å². The first-order chi connectivity index (χ1) is 16.4. The molecule has 1 fully saturated rings. The highest BCUT2D eigenvalue weighted by Gasteiger charge is 2.48. The number of fused-ring (bicyclic) bond motifs is 1. The number of carbonyl (C=O) groups is 3. The van der Waals surface area contributed by atoms with E-state index in [-0.39, 0.29) is 29.2 Å². The van der Waals surface area contributed by atoms with E-state index in [0.717, 1.165) is 29.9 Å². The summed E-state index contributed by atoms with van der Waals surface area (Å²) in [6.45, 7) is 4.23. The molecule has 1 aliphatic rings. The van der Waals surface area contributed by atoms with Gasteiger partial charge in [0.1, 0.15) is 11.1 Å². The van der Waals surface area contributed by atoms with Crippen molar-refractivity contribution >= 4 is 28.9 Å². The Morgan fingerprint density at radius 3 is 2.11 bits per heavy atom. The van der Waals surface area contributed by atoms with E-state index in [1.54, 1.807) is 0 Å². The molecular weight excluding hydrogens is 470 g/mol. The molecule has 0 spiro atoms. The summed E-state index contributed by atoms with van der Waals surface area (Å²) in [6, 6.07) is -0.187. The molecule has 14 nitrogen and oxygen atoms in total. The minimum Gasteiger partial charge on any atom is -0.506 e. The summed E-state index contributed by atoms with van der Waals surface area (Å²) >= 11 is 0. The molecule has 2 aromatic heterocycles. The second-order valence-electron chi connectivity index (χ2n) is 7.83. The molecule has 2 aromatic rings. The zero-order valence-corrected chi connectivity index (χ0v) is 19.9. The van der Waals surface area contributed by atoms with Gasteiger partial charge in [-0.15, -0.1) is 0 Å². The number of rotatable bonds is 5. The van der Waals surface area contributed by atoms with Crippen molar-refractivity contribution in [3.63, 3.8) is 0 Å². The molecule has 35 heavy (non-hydrogen) atoms. The maximum absolute atomic E-state index is 13.3. The molecular formula is C21H25N3O11. The highest BCUT2D eigenvalue weighted by molar-refractivity contribution is 5.83. The molecule has 0 radical (unpaired) electrons. The van der Waals surface area contributed by atoms with Crippen molar-refractivity contribution in [2.75, 3.05) is 13.7 Å². The smallest absolute Gasteiger partial charge is 0.303 e. The highest BCUT2D eigenvalue weighted by Crippen LogP contribution is 2.33. The number of esters is 3. The predicted octanol–water partition coefficient (Wildman–Crippen LogP) is -0.558. The van der Waals surface area contributed by atoms with Crippen LogP contribution in [0.5, 0.6) is 11.8 Å². The van der Waals surface area contributed by atoms with Crippen molar-refractivity contribution in [3.05, 3.63) is 26.3 Å². The Kier molecular flexibility index (Phi) is 7.14. The van der Waals surface area contributed by atoms with Gasteiger partial charge in [0.25, 0.3) is 11.1 Å². The highest BCUT2D eigenvalue weighted by atomic mass is 16.6. The lowest BCUT2D eigenvalue weighted by Gasteiger charge is -2.41. The molecule has 14 heteroatoms. The van der Waals surface area contributed by atoms with E-state index in [2.05, 4.69) is 4.98 Å². The van der Waals surface area contributed by atoms with Gasteiger partial charge in [0.15, 0.2) is 30.2 Å². The monoisotopic (exact) mass is 495 g/mol. The Balaban J connectivity index is 2.34. The van der Waals surface area contributed by atoms with Crippen LogP contribution in [0.1, 0.15) is 32.6 Å². The van der Waals surface area contributed by atoms with Crippen LogP contribution < -0.4 is 15.9 Å². The van der Waals surface area contributed by atoms with Crippen molar-refractivity contribution in [3.8, 4) is 11.8 Å². The fraction of sp³-hybridized carbons (Fsp3) is 0.524. The summed E-state index contributed by atoms with van der Waals surface area (Å²) in [6.07, 6.45) is -5.54. The number of carbonyl (C=O) groups excluding carboxylic acids is 3. The molecule has 0 saturated carbocycles. The number of pyridine rings is 1. The van der Waals surface area contributed by atoms with Gasteiger partial charge in [0.2, 0.25) is 0 Å². The van der Waals surface area contributed by atoms with Crippen molar-refractivity contribution < 1.29 is 43.2 Å². The quantitative estimate of drug-likeness (QED) is 0.414. The van der Waals surface area contributed by atoms with E-state index < -0.39 is 59.3 Å². The Morgan fingerprint density at radius 1 is 1.00 bits per heavy atom. The van der Waals surface area contributed by atoms with E-state index in [4.69, 9.17) is 23.7 Å². The third-order valence-corrected chi connectivity index (χ3v) is 5.35. The van der Waals surface area contributed by atoms with Gasteiger partial charge in [-0.25, -0.2) is 0 Å². The number of aromatic hydroxyl groups is 1. The van der Waals surface area contributed by atoms with E-state index in [1.165, 1.54) is 21.1 Å². The first-order valence-electron chi connectivity index (χ1n) is 10.4. The maximum Gasteiger partial charge on any atom is 0.303 e. The molecule has 0 bridgehead atoms. The zero-order valence-electron chi connectivity index (χ0n) is 19.9. The molecule has 0 aliphatic carbocycles. The van der Waals surface area contributed by atoms with E-state index >= 15 is 0 Å². The molecule has 3 heterocycles. The van der Waals surface area contributed by atoms with Crippen molar-refractivity contribution in [2.45, 2.75) is 52.2 Å². The summed E-state index contributed by atoms with van der Waals surface area (Å²) < 4.78 is 28.7. The number of methoxy groups -OCH3 is 1. The number of ether oxygens (including phenoxy) is 5. The van der Waals surface area contributed by atoms with Gasteiger partial charge in [-0.05, 0) is 6.92 Å². The van der Waals surface area contributed by atoms with E-state index in [9.17, 15) is 29.1 Å². The van der Waals surface area contributed by atoms with Crippen LogP contribution >= 0.6 is 0 Å². The lowest BCUT2D eigenvalue weighted by atomic mass is 10.0. The molecule has 1 aliphatic heterocycles. The summed E-state index contributed by atoms with van der Waals surface area (Å²) in [5, 5.41) is 10.3. The number of hydrogen-bond acceptors (Lipinski definition) is 12. The van der Waals surface area contributed by atoms with Gasteiger partial charge in [0, 0.05) is 27.8 Å². The average molecular weight is 495 g/mol.